The Morgan fingerprint density at radius 3 is 1.16 bits per heavy atom. The van der Waals surface area contributed by atoms with Crippen LogP contribution < -0.4 is 14.2 Å². The Hall–Kier alpha value is -8.88. The summed E-state index contributed by atoms with van der Waals surface area (Å²) in [6.07, 6.45) is 10.5. The summed E-state index contributed by atoms with van der Waals surface area (Å²) in [4.78, 5) is 4.08. The first-order chi connectivity index (χ1) is 35.9. The summed E-state index contributed by atoms with van der Waals surface area (Å²) < 4.78 is 8.56. The van der Waals surface area contributed by atoms with E-state index in [2.05, 4.69) is 285 Å². The van der Waals surface area contributed by atoms with E-state index in [4.69, 9.17) is 0 Å². The van der Waals surface area contributed by atoms with Crippen LogP contribution in [0.1, 0.15) is 22.3 Å². The molecule has 0 spiro atoms. The third kappa shape index (κ3) is 11.4. The Labute approximate surface area is 447 Å². The average molecular weight is 1140 g/mol. The smallest absolute Gasteiger partial charge is 0.268 e. The normalized spacial score (nSPS) is 10.6. The third-order valence-corrected chi connectivity index (χ3v) is 12.2. The van der Waals surface area contributed by atoms with Crippen molar-refractivity contribution >= 4 is 0 Å². The van der Waals surface area contributed by atoms with E-state index >= 15 is 0 Å². The van der Waals surface area contributed by atoms with Gasteiger partial charge in [-0.15, -0.1) is 0 Å². The Kier molecular flexibility index (Phi) is 15.9. The maximum absolute atomic E-state index is 4.08. The molecule has 0 saturated carbocycles. The van der Waals surface area contributed by atoms with Crippen molar-refractivity contribution in [2.45, 2.75) is 27.7 Å². The van der Waals surface area contributed by atoms with Crippen LogP contribution in [0.25, 0.3) is 79.2 Å². The molecule has 0 N–H and O–H groups in total. The molecule has 12 aromatic rings. The van der Waals surface area contributed by atoms with Gasteiger partial charge >= 0.3 is 0 Å². The molecule has 0 aliphatic heterocycles. The van der Waals surface area contributed by atoms with Crippen molar-refractivity contribution in [2.24, 2.45) is 0 Å². The Bertz CT molecular complexity index is 3220. The molecular formula is C65H51IrN8-3. The molecule has 0 fully saturated rings. The van der Waals surface area contributed by atoms with E-state index in [9.17, 15) is 0 Å². The van der Waals surface area contributed by atoms with E-state index in [0.717, 1.165) is 73.5 Å². The monoisotopic (exact) mass is 1140 g/mol. The van der Waals surface area contributed by atoms with Gasteiger partial charge in [-0.2, -0.15) is 59.7 Å². The second kappa shape index (κ2) is 23.6. The fourth-order valence-corrected chi connectivity index (χ4v) is 8.46. The van der Waals surface area contributed by atoms with Gasteiger partial charge in [0.25, 0.3) is 12.7 Å². The Morgan fingerprint density at radius 1 is 0.419 bits per heavy atom. The number of aryl methyl sites for hydroxylation is 4. The van der Waals surface area contributed by atoms with Gasteiger partial charge in [-0.3, -0.25) is 19.3 Å². The van der Waals surface area contributed by atoms with E-state index in [0.29, 0.717) is 5.69 Å². The second-order valence-electron chi connectivity index (χ2n) is 17.6. The molecular weight excluding hydrogens is 1080 g/mol. The maximum atomic E-state index is 4.08. The minimum atomic E-state index is 0. The predicted octanol–water partition coefficient (Wildman–Crippen LogP) is 13.1. The van der Waals surface area contributed by atoms with Gasteiger partial charge < -0.3 is 19.3 Å². The van der Waals surface area contributed by atoms with Crippen LogP contribution >= 0.6 is 0 Å². The zero-order valence-electron chi connectivity index (χ0n) is 41.4. The molecule has 0 unspecified atom stereocenters. The van der Waals surface area contributed by atoms with E-state index in [1.165, 1.54) is 22.3 Å². The quantitative estimate of drug-likeness (QED) is 0.107. The summed E-state index contributed by atoms with van der Waals surface area (Å²) in [5.74, 6) is 0. The molecule has 0 aliphatic carbocycles. The predicted molar refractivity (Wildman–Crippen MR) is 289 cm³/mol. The summed E-state index contributed by atoms with van der Waals surface area (Å²) in [6, 6.07) is 84.2. The van der Waals surface area contributed by atoms with Crippen LogP contribution in [0.3, 0.4) is 0 Å². The van der Waals surface area contributed by atoms with Gasteiger partial charge in [0.2, 0.25) is 0 Å². The molecule has 363 valence electrons. The summed E-state index contributed by atoms with van der Waals surface area (Å²) in [5.41, 5.74) is 19.4. The number of nitrogens with zero attached hydrogens (tertiary/aromatic N) is 8. The number of imidazole rings is 2. The van der Waals surface area contributed by atoms with Crippen LogP contribution in [0.15, 0.2) is 237 Å². The number of rotatable bonds is 9. The van der Waals surface area contributed by atoms with Gasteiger partial charge in [0, 0.05) is 26.3 Å². The molecule has 8 aromatic carbocycles. The first-order valence-corrected chi connectivity index (χ1v) is 24.1. The van der Waals surface area contributed by atoms with Gasteiger partial charge in [0.05, 0.1) is 39.8 Å². The Morgan fingerprint density at radius 2 is 0.811 bits per heavy atom. The number of hydrogen-bond donors (Lipinski definition) is 0. The summed E-state index contributed by atoms with van der Waals surface area (Å²) in [6.45, 7) is 8.38. The van der Waals surface area contributed by atoms with Crippen LogP contribution in [-0.2, 0) is 20.1 Å². The molecule has 0 bridgehead atoms. The van der Waals surface area contributed by atoms with Crippen molar-refractivity contribution in [1.82, 2.24) is 29.5 Å². The minimum absolute atomic E-state index is 0. The van der Waals surface area contributed by atoms with Crippen molar-refractivity contribution in [1.29, 1.82) is 0 Å². The average Bonchev–Trinajstić information content (AvgIpc) is 4.24. The van der Waals surface area contributed by atoms with Crippen LogP contribution in [0.4, 0.5) is 0 Å². The standard InChI is InChI=1S/2C29H23N2.C7H5N4.Ir/c2*1-22-13-17-26(18-14-22)30-21-31(27-19-15-23(2)16-20-27)29(25-11-7-4-8-12-25)28(30)24-9-5-3-6-10-24;1-2-4-8-6(3-1)7-5-9-11-10-7;/h2*3-19H,1-2H3;1-5H;/q3*-1;. The van der Waals surface area contributed by atoms with Gasteiger partial charge in [-0.05, 0) is 89.6 Å². The molecule has 0 amide bonds. The van der Waals surface area contributed by atoms with Crippen molar-refractivity contribution in [3.63, 3.8) is 0 Å². The largest absolute Gasteiger partial charge is 0.358 e. The molecule has 9 heteroatoms. The van der Waals surface area contributed by atoms with Gasteiger partial charge in [0.15, 0.2) is 0 Å². The van der Waals surface area contributed by atoms with Crippen LogP contribution in [0, 0.1) is 52.5 Å². The first-order valence-electron chi connectivity index (χ1n) is 24.1. The zero-order valence-corrected chi connectivity index (χ0v) is 43.8. The summed E-state index contributed by atoms with van der Waals surface area (Å²) >= 11 is 0. The van der Waals surface area contributed by atoms with E-state index in [1.807, 2.05) is 30.3 Å². The molecule has 4 aromatic heterocycles. The van der Waals surface area contributed by atoms with Crippen molar-refractivity contribution < 1.29 is 29.2 Å². The Balaban J connectivity index is 0.000000149. The van der Waals surface area contributed by atoms with E-state index in [1.54, 1.807) is 12.4 Å². The topological polar surface area (TPSA) is 70.4 Å². The number of benzene rings is 8. The van der Waals surface area contributed by atoms with Crippen LogP contribution in [0.5, 0.6) is 0 Å². The maximum Gasteiger partial charge on any atom is 0.268 e. The number of hydrogen-bond acceptors (Lipinski definition) is 3. The summed E-state index contributed by atoms with van der Waals surface area (Å²) in [7, 11) is 0. The molecule has 0 atom stereocenters. The first kappa shape index (κ1) is 50.1. The van der Waals surface area contributed by atoms with Crippen molar-refractivity contribution in [3.8, 4) is 79.2 Å². The van der Waals surface area contributed by atoms with Gasteiger partial charge in [-0.1, -0.05) is 183 Å². The van der Waals surface area contributed by atoms with Crippen LogP contribution in [-0.4, -0.2) is 24.4 Å². The van der Waals surface area contributed by atoms with E-state index < -0.39 is 0 Å². The van der Waals surface area contributed by atoms with E-state index in [-0.39, 0.29) is 20.1 Å². The molecule has 0 saturated heterocycles. The van der Waals surface area contributed by atoms with Gasteiger partial charge in [-0.25, -0.2) is 0 Å². The molecule has 1 radical (unpaired) electrons. The fourth-order valence-electron chi connectivity index (χ4n) is 8.46. The van der Waals surface area contributed by atoms with Crippen LogP contribution in [0.2, 0.25) is 0 Å². The van der Waals surface area contributed by atoms with Gasteiger partial charge in [0.1, 0.15) is 0 Å². The van der Waals surface area contributed by atoms with Crippen molar-refractivity contribution in [3.05, 3.63) is 284 Å². The fraction of sp³-hybridized carbons (Fsp3) is 0.0615. The van der Waals surface area contributed by atoms with Crippen molar-refractivity contribution in [2.75, 3.05) is 0 Å². The minimum Gasteiger partial charge on any atom is -0.358 e. The SMILES string of the molecule is Cc1c[c-]c(-n2[c-][n+](-c3ccc(C)cc3)c(-c3ccccc3)c2-c2ccccc2)cc1.Cc1c[c-]c(-n2[c-][n+](-c3ccc(C)cc3)c(-c3ccccc3)c2-c2ccccc2)cc1.[Ir].c1ccc(-c2cnn[n-]2)nc1. The molecule has 8 nitrogen and oxygen atoms in total. The second-order valence-corrected chi connectivity index (χ2v) is 17.6. The zero-order chi connectivity index (χ0) is 49.9. The number of pyridine rings is 1. The number of aromatic nitrogens is 8. The molecule has 74 heavy (non-hydrogen) atoms. The molecule has 0 aliphatic rings. The molecule has 4 heterocycles. The third-order valence-electron chi connectivity index (χ3n) is 12.2. The summed E-state index contributed by atoms with van der Waals surface area (Å²) in [5, 5.41) is 10.8. The molecule has 12 rings (SSSR count).